The molecule has 0 fully saturated rings. The Morgan fingerprint density at radius 2 is 2.00 bits per heavy atom. The standard InChI is InChI=1S/C12H18N2O2S2/c1-10(12(13)17)18(15,16)14-9-5-8-11-6-3-2-4-7-11/h2-4,6-7,10,14H,5,8-9H2,1H3,(H2,13,17). The van der Waals surface area contributed by atoms with Gasteiger partial charge in [0.05, 0.1) is 4.99 Å². The normalized spacial score (nSPS) is 13.2. The maximum atomic E-state index is 11.7. The topological polar surface area (TPSA) is 72.2 Å². The molecular weight excluding hydrogens is 268 g/mol. The molecule has 18 heavy (non-hydrogen) atoms. The van der Waals surface area contributed by atoms with Crippen molar-refractivity contribution < 1.29 is 8.42 Å². The van der Waals surface area contributed by atoms with E-state index in [0.717, 1.165) is 12.8 Å². The highest BCUT2D eigenvalue weighted by Gasteiger charge is 2.22. The minimum absolute atomic E-state index is 0.00874. The third-order valence-electron chi connectivity index (χ3n) is 2.65. The van der Waals surface area contributed by atoms with Crippen LogP contribution in [-0.2, 0) is 16.4 Å². The van der Waals surface area contributed by atoms with Gasteiger partial charge < -0.3 is 5.73 Å². The lowest BCUT2D eigenvalue weighted by molar-refractivity contribution is 0.576. The average molecular weight is 286 g/mol. The Hall–Kier alpha value is -0.980. The lowest BCUT2D eigenvalue weighted by Crippen LogP contribution is -2.40. The Labute approximate surface area is 114 Å². The molecule has 0 bridgehead atoms. The second kappa shape index (κ2) is 6.82. The van der Waals surface area contributed by atoms with Crippen LogP contribution in [0.3, 0.4) is 0 Å². The molecule has 1 rings (SSSR count). The zero-order chi connectivity index (χ0) is 13.6. The molecule has 0 aliphatic heterocycles. The summed E-state index contributed by atoms with van der Waals surface area (Å²) in [6.07, 6.45) is 1.58. The van der Waals surface area contributed by atoms with E-state index in [1.54, 1.807) is 0 Å². The van der Waals surface area contributed by atoms with Crippen molar-refractivity contribution in [3.63, 3.8) is 0 Å². The van der Waals surface area contributed by atoms with Gasteiger partial charge in [0.25, 0.3) is 0 Å². The van der Waals surface area contributed by atoms with Gasteiger partial charge in [-0.15, -0.1) is 0 Å². The number of thiocarbonyl (C=S) groups is 1. The molecule has 4 nitrogen and oxygen atoms in total. The molecule has 0 amide bonds. The van der Waals surface area contributed by atoms with E-state index in [0.29, 0.717) is 6.54 Å². The quantitative estimate of drug-likeness (QED) is 0.584. The summed E-state index contributed by atoms with van der Waals surface area (Å²) < 4.78 is 25.9. The van der Waals surface area contributed by atoms with Gasteiger partial charge in [-0.3, -0.25) is 0 Å². The monoisotopic (exact) mass is 286 g/mol. The fourth-order valence-electron chi connectivity index (χ4n) is 1.43. The van der Waals surface area contributed by atoms with E-state index in [4.69, 9.17) is 5.73 Å². The Morgan fingerprint density at radius 3 is 2.56 bits per heavy atom. The van der Waals surface area contributed by atoms with Crippen LogP contribution in [0, 0.1) is 0 Å². The molecule has 1 aromatic rings. The van der Waals surface area contributed by atoms with Gasteiger partial charge in [-0.2, -0.15) is 0 Å². The van der Waals surface area contributed by atoms with Gasteiger partial charge in [0, 0.05) is 6.54 Å². The van der Waals surface area contributed by atoms with Crippen molar-refractivity contribution in [2.24, 2.45) is 5.73 Å². The lowest BCUT2D eigenvalue weighted by atomic mass is 10.1. The lowest BCUT2D eigenvalue weighted by Gasteiger charge is -2.12. The van der Waals surface area contributed by atoms with Crippen LogP contribution in [0.25, 0.3) is 0 Å². The first-order valence-corrected chi connectivity index (χ1v) is 7.70. The zero-order valence-corrected chi connectivity index (χ0v) is 11.9. The number of rotatable bonds is 7. The molecule has 0 spiro atoms. The van der Waals surface area contributed by atoms with Crippen molar-refractivity contribution in [3.05, 3.63) is 35.9 Å². The van der Waals surface area contributed by atoms with Gasteiger partial charge in [-0.25, -0.2) is 13.1 Å². The van der Waals surface area contributed by atoms with Crippen LogP contribution < -0.4 is 10.5 Å². The summed E-state index contributed by atoms with van der Waals surface area (Å²) in [5.74, 6) is 0. The molecule has 100 valence electrons. The highest BCUT2D eigenvalue weighted by Crippen LogP contribution is 2.03. The molecule has 3 N–H and O–H groups in total. The van der Waals surface area contributed by atoms with E-state index >= 15 is 0 Å². The highest BCUT2D eigenvalue weighted by molar-refractivity contribution is 7.93. The molecule has 1 atom stereocenters. The van der Waals surface area contributed by atoms with E-state index in [1.165, 1.54) is 12.5 Å². The van der Waals surface area contributed by atoms with Crippen molar-refractivity contribution in [2.45, 2.75) is 25.0 Å². The molecule has 1 aromatic carbocycles. The van der Waals surface area contributed by atoms with Crippen LogP contribution in [-0.4, -0.2) is 25.2 Å². The maximum absolute atomic E-state index is 11.7. The fourth-order valence-corrected chi connectivity index (χ4v) is 2.79. The SMILES string of the molecule is CC(C(N)=S)S(=O)(=O)NCCCc1ccccc1. The van der Waals surface area contributed by atoms with E-state index in [9.17, 15) is 8.42 Å². The summed E-state index contributed by atoms with van der Waals surface area (Å²) in [6.45, 7) is 1.88. The number of hydrogen-bond acceptors (Lipinski definition) is 3. The van der Waals surface area contributed by atoms with E-state index in [1.807, 2.05) is 30.3 Å². The molecular formula is C12H18N2O2S2. The summed E-state index contributed by atoms with van der Waals surface area (Å²) in [7, 11) is -3.43. The van der Waals surface area contributed by atoms with E-state index in [2.05, 4.69) is 16.9 Å². The van der Waals surface area contributed by atoms with Gasteiger partial charge in [0.1, 0.15) is 5.25 Å². The largest absolute Gasteiger partial charge is 0.392 e. The number of benzene rings is 1. The Bertz CT molecular complexity index is 486. The first-order chi connectivity index (χ1) is 8.43. The molecule has 0 aliphatic carbocycles. The first kappa shape index (κ1) is 15.1. The molecule has 0 aliphatic rings. The molecule has 0 aromatic heterocycles. The molecule has 0 saturated carbocycles. The van der Waals surface area contributed by atoms with Gasteiger partial charge in [0.2, 0.25) is 10.0 Å². The van der Waals surface area contributed by atoms with Gasteiger partial charge in [-0.1, -0.05) is 42.5 Å². The minimum Gasteiger partial charge on any atom is -0.392 e. The summed E-state index contributed by atoms with van der Waals surface area (Å²) in [5, 5.41) is -0.829. The Balaban J connectivity index is 2.36. The van der Waals surface area contributed by atoms with Gasteiger partial charge in [-0.05, 0) is 25.3 Å². The number of sulfonamides is 1. The highest BCUT2D eigenvalue weighted by atomic mass is 32.2. The van der Waals surface area contributed by atoms with Gasteiger partial charge >= 0.3 is 0 Å². The summed E-state index contributed by atoms with van der Waals surface area (Å²) >= 11 is 4.68. The maximum Gasteiger partial charge on any atom is 0.220 e. The zero-order valence-electron chi connectivity index (χ0n) is 10.3. The number of nitrogens with two attached hydrogens (primary N) is 1. The smallest absolute Gasteiger partial charge is 0.220 e. The average Bonchev–Trinajstić information content (AvgIpc) is 2.35. The van der Waals surface area contributed by atoms with E-state index < -0.39 is 15.3 Å². The minimum atomic E-state index is -3.43. The second-order valence-corrected chi connectivity index (χ2v) is 6.63. The predicted molar refractivity (Wildman–Crippen MR) is 77.9 cm³/mol. The van der Waals surface area contributed by atoms with Crippen molar-refractivity contribution >= 4 is 27.2 Å². The van der Waals surface area contributed by atoms with Crippen LogP contribution >= 0.6 is 12.2 Å². The molecule has 0 heterocycles. The fraction of sp³-hybridized carbons (Fsp3) is 0.417. The predicted octanol–water partition coefficient (Wildman–Crippen LogP) is 1.21. The van der Waals surface area contributed by atoms with Crippen LogP contribution in [0.5, 0.6) is 0 Å². The van der Waals surface area contributed by atoms with Crippen LogP contribution in [0.2, 0.25) is 0 Å². The van der Waals surface area contributed by atoms with Gasteiger partial charge in [0.15, 0.2) is 0 Å². The summed E-state index contributed by atoms with van der Waals surface area (Å²) in [6, 6.07) is 9.93. The Kier molecular flexibility index (Phi) is 5.71. The van der Waals surface area contributed by atoms with Crippen LogP contribution in [0.1, 0.15) is 18.9 Å². The van der Waals surface area contributed by atoms with Crippen molar-refractivity contribution in [2.75, 3.05) is 6.54 Å². The first-order valence-electron chi connectivity index (χ1n) is 5.75. The summed E-state index contributed by atoms with van der Waals surface area (Å²) in [5.41, 5.74) is 6.52. The van der Waals surface area contributed by atoms with Crippen LogP contribution in [0.4, 0.5) is 0 Å². The number of aryl methyl sites for hydroxylation is 1. The van der Waals surface area contributed by atoms with Crippen molar-refractivity contribution in [1.82, 2.24) is 4.72 Å². The third kappa shape index (κ3) is 4.72. The molecule has 1 unspecified atom stereocenters. The second-order valence-electron chi connectivity index (χ2n) is 4.07. The molecule has 6 heteroatoms. The van der Waals surface area contributed by atoms with Crippen molar-refractivity contribution in [1.29, 1.82) is 0 Å². The summed E-state index contributed by atoms with van der Waals surface area (Å²) in [4.78, 5) is -0.00874. The number of nitrogens with one attached hydrogen (secondary N) is 1. The molecule has 0 radical (unpaired) electrons. The Morgan fingerprint density at radius 1 is 1.39 bits per heavy atom. The van der Waals surface area contributed by atoms with Crippen LogP contribution in [0.15, 0.2) is 30.3 Å². The molecule has 0 saturated heterocycles. The third-order valence-corrected chi connectivity index (χ3v) is 4.95. The van der Waals surface area contributed by atoms with Crippen molar-refractivity contribution in [3.8, 4) is 0 Å². The number of hydrogen-bond donors (Lipinski definition) is 2. The van der Waals surface area contributed by atoms with E-state index in [-0.39, 0.29) is 4.99 Å².